The third-order valence-electron chi connectivity index (χ3n) is 5.53. The zero-order valence-corrected chi connectivity index (χ0v) is 18.4. The number of urea groups is 1. The van der Waals surface area contributed by atoms with Crippen LogP contribution in [0, 0.1) is 0 Å². The number of nitrogens with two attached hydrogens (primary N) is 1. The maximum Gasteiger partial charge on any atom is 0.320 e. The van der Waals surface area contributed by atoms with E-state index in [2.05, 4.69) is 25.8 Å². The minimum Gasteiger partial charge on any atom is -0.381 e. The van der Waals surface area contributed by atoms with Crippen molar-refractivity contribution in [3.8, 4) is 22.5 Å². The summed E-state index contributed by atoms with van der Waals surface area (Å²) in [6, 6.07) is 13.0. The van der Waals surface area contributed by atoms with Gasteiger partial charge in [-0.15, -0.1) is 0 Å². The van der Waals surface area contributed by atoms with Gasteiger partial charge in [-0.05, 0) is 25.0 Å². The van der Waals surface area contributed by atoms with E-state index in [9.17, 15) is 4.79 Å². The molecule has 1 saturated heterocycles. The number of fused-ring (bicyclic) bond motifs is 1. The predicted octanol–water partition coefficient (Wildman–Crippen LogP) is 4.22. The molecule has 0 spiro atoms. The predicted molar refractivity (Wildman–Crippen MR) is 128 cm³/mol. The van der Waals surface area contributed by atoms with Crippen molar-refractivity contribution in [3.05, 3.63) is 53.7 Å². The molecule has 0 aliphatic carbocycles. The third kappa shape index (κ3) is 4.46. The van der Waals surface area contributed by atoms with Crippen molar-refractivity contribution in [3.63, 3.8) is 0 Å². The van der Waals surface area contributed by atoms with Crippen LogP contribution in [0.25, 0.3) is 33.4 Å². The van der Waals surface area contributed by atoms with Gasteiger partial charge in [0.2, 0.25) is 0 Å². The first-order chi connectivity index (χ1) is 16.1. The van der Waals surface area contributed by atoms with Crippen molar-refractivity contribution in [2.24, 2.45) is 0 Å². The highest BCUT2D eigenvalue weighted by Gasteiger charge is 2.20. The van der Waals surface area contributed by atoms with Crippen LogP contribution in [-0.4, -0.2) is 45.5 Å². The molecule has 0 bridgehead atoms. The molecule has 10 heteroatoms. The Hall–Kier alpha value is -3.69. The topological polar surface area (TPSA) is 131 Å². The van der Waals surface area contributed by atoms with Crippen molar-refractivity contribution >= 4 is 40.2 Å². The lowest BCUT2D eigenvalue weighted by Crippen LogP contribution is -2.41. The molecule has 168 valence electrons. The van der Waals surface area contributed by atoms with Gasteiger partial charge in [0.25, 0.3) is 0 Å². The molecule has 2 aromatic carbocycles. The number of aromatic amines is 1. The van der Waals surface area contributed by atoms with Gasteiger partial charge in [-0.3, -0.25) is 10.4 Å². The molecule has 1 fully saturated rings. The number of H-pyrrole nitrogens is 1. The average Bonchev–Trinajstić information content (AvgIpc) is 3.31. The van der Waals surface area contributed by atoms with E-state index >= 15 is 0 Å². The molecule has 0 radical (unpaired) electrons. The summed E-state index contributed by atoms with van der Waals surface area (Å²) in [7, 11) is 0. The molecule has 4 aromatic rings. The summed E-state index contributed by atoms with van der Waals surface area (Å²) in [6.45, 7) is 1.25. The van der Waals surface area contributed by atoms with Crippen LogP contribution in [-0.2, 0) is 4.74 Å². The molecular formula is C23H22ClN7O2. The quantitative estimate of drug-likeness (QED) is 0.358. The Balaban J connectivity index is 1.55. The lowest BCUT2D eigenvalue weighted by molar-refractivity contribution is 0.0806. The van der Waals surface area contributed by atoms with Gasteiger partial charge in [0.1, 0.15) is 0 Å². The fraction of sp³-hybridized carbons (Fsp3) is 0.217. The summed E-state index contributed by atoms with van der Waals surface area (Å²) >= 11 is 6.48. The van der Waals surface area contributed by atoms with E-state index in [4.69, 9.17) is 27.1 Å². The number of nitrogens with zero attached hydrogens (tertiary/aromatic N) is 3. The summed E-state index contributed by atoms with van der Waals surface area (Å²) in [5.74, 6) is 0.299. The van der Waals surface area contributed by atoms with E-state index in [0.717, 1.165) is 34.9 Å². The fourth-order valence-corrected chi connectivity index (χ4v) is 4.13. The molecule has 2 amide bonds. The third-order valence-corrected chi connectivity index (χ3v) is 5.83. The Kier molecular flexibility index (Phi) is 5.80. The first-order valence-electron chi connectivity index (χ1n) is 10.6. The first-order valence-corrected chi connectivity index (χ1v) is 11.0. The Morgan fingerprint density at radius 3 is 2.64 bits per heavy atom. The van der Waals surface area contributed by atoms with Gasteiger partial charge in [0.05, 0.1) is 28.1 Å². The molecular weight excluding hydrogens is 442 g/mol. The number of amides is 2. The zero-order chi connectivity index (χ0) is 22.8. The zero-order valence-electron chi connectivity index (χ0n) is 17.6. The Morgan fingerprint density at radius 2 is 1.85 bits per heavy atom. The molecule has 5 rings (SSSR count). The van der Waals surface area contributed by atoms with Crippen molar-refractivity contribution in [2.75, 3.05) is 24.3 Å². The van der Waals surface area contributed by atoms with Crippen LogP contribution in [0.5, 0.6) is 0 Å². The number of rotatable bonds is 4. The number of aromatic nitrogens is 4. The largest absolute Gasteiger partial charge is 0.381 e. The monoisotopic (exact) mass is 463 g/mol. The van der Waals surface area contributed by atoms with E-state index in [0.29, 0.717) is 29.6 Å². The molecule has 1 aliphatic rings. The van der Waals surface area contributed by atoms with Crippen molar-refractivity contribution in [1.29, 1.82) is 0 Å². The summed E-state index contributed by atoms with van der Waals surface area (Å²) in [6.07, 6.45) is 3.21. The standard InChI is InChI=1S/C23H22ClN7O2/c24-17-11-14(10-15-12-26-31-18(15)17)20-19(13-4-2-1-3-5-13)28-21(25)22(29-20)30-23(32)27-16-6-8-33-9-7-16/h1-5,10-12,16H,6-9H2,(H2,25,28)(H,26,31)(H2,27,29,30,32). The molecule has 5 N–H and O–H groups in total. The molecule has 3 heterocycles. The Morgan fingerprint density at radius 1 is 1.09 bits per heavy atom. The molecule has 1 aliphatic heterocycles. The summed E-state index contributed by atoms with van der Waals surface area (Å²) in [5.41, 5.74) is 9.65. The first kappa shape index (κ1) is 21.2. The SMILES string of the molecule is Nc1nc(-c2ccccc2)c(-c2cc(Cl)c3[nH]ncc3c2)nc1NC(=O)NC1CCOCC1. The number of ether oxygens (including phenoxy) is 1. The summed E-state index contributed by atoms with van der Waals surface area (Å²) in [4.78, 5) is 21.9. The highest BCUT2D eigenvalue weighted by molar-refractivity contribution is 6.35. The number of benzene rings is 2. The van der Waals surface area contributed by atoms with Crippen LogP contribution in [0.2, 0.25) is 5.02 Å². The van der Waals surface area contributed by atoms with Gasteiger partial charge in [-0.25, -0.2) is 14.8 Å². The fourth-order valence-electron chi connectivity index (χ4n) is 3.86. The average molecular weight is 464 g/mol. The lowest BCUT2D eigenvalue weighted by Gasteiger charge is -2.23. The van der Waals surface area contributed by atoms with E-state index < -0.39 is 0 Å². The second-order valence-corrected chi connectivity index (χ2v) is 8.21. The van der Waals surface area contributed by atoms with Crippen LogP contribution in [0.15, 0.2) is 48.7 Å². The van der Waals surface area contributed by atoms with Crippen LogP contribution in [0.1, 0.15) is 12.8 Å². The highest BCUT2D eigenvalue weighted by atomic mass is 35.5. The molecule has 2 aromatic heterocycles. The van der Waals surface area contributed by atoms with Gasteiger partial charge in [-0.1, -0.05) is 41.9 Å². The maximum atomic E-state index is 12.6. The molecule has 9 nitrogen and oxygen atoms in total. The van der Waals surface area contributed by atoms with Gasteiger partial charge >= 0.3 is 6.03 Å². The molecule has 0 saturated carbocycles. The number of hydrogen-bond donors (Lipinski definition) is 4. The van der Waals surface area contributed by atoms with Crippen LogP contribution >= 0.6 is 11.6 Å². The van der Waals surface area contributed by atoms with Gasteiger partial charge < -0.3 is 15.8 Å². The van der Waals surface area contributed by atoms with Gasteiger partial charge in [0.15, 0.2) is 11.6 Å². The number of hydrogen-bond acceptors (Lipinski definition) is 6. The Labute approximate surface area is 194 Å². The van der Waals surface area contributed by atoms with Crippen molar-refractivity contribution < 1.29 is 9.53 Å². The minimum absolute atomic E-state index is 0.0401. The molecule has 33 heavy (non-hydrogen) atoms. The minimum atomic E-state index is -0.385. The van der Waals surface area contributed by atoms with E-state index in [1.807, 2.05) is 36.4 Å². The highest BCUT2D eigenvalue weighted by Crippen LogP contribution is 2.35. The van der Waals surface area contributed by atoms with Crippen molar-refractivity contribution in [1.82, 2.24) is 25.5 Å². The number of nitrogen functional groups attached to an aromatic ring is 1. The van der Waals surface area contributed by atoms with E-state index in [1.165, 1.54) is 0 Å². The van der Waals surface area contributed by atoms with Crippen LogP contribution in [0.3, 0.4) is 0 Å². The molecule has 0 unspecified atom stereocenters. The number of halogens is 1. The maximum absolute atomic E-state index is 12.6. The number of nitrogens with one attached hydrogen (secondary N) is 3. The number of carbonyl (C=O) groups excluding carboxylic acids is 1. The second-order valence-electron chi connectivity index (χ2n) is 7.80. The number of carbonyl (C=O) groups is 1. The van der Waals surface area contributed by atoms with Gasteiger partial charge in [0, 0.05) is 35.8 Å². The molecule has 0 atom stereocenters. The Bertz CT molecular complexity index is 1300. The summed E-state index contributed by atoms with van der Waals surface area (Å²) < 4.78 is 5.34. The lowest BCUT2D eigenvalue weighted by atomic mass is 10.0. The normalized spacial score (nSPS) is 14.3. The van der Waals surface area contributed by atoms with Gasteiger partial charge in [-0.2, -0.15) is 5.10 Å². The van der Waals surface area contributed by atoms with E-state index in [-0.39, 0.29) is 23.7 Å². The van der Waals surface area contributed by atoms with Crippen LogP contribution in [0.4, 0.5) is 16.4 Å². The second kappa shape index (κ2) is 9.05. The smallest absolute Gasteiger partial charge is 0.320 e. The van der Waals surface area contributed by atoms with Crippen LogP contribution < -0.4 is 16.4 Å². The van der Waals surface area contributed by atoms with Crippen molar-refractivity contribution in [2.45, 2.75) is 18.9 Å². The number of anilines is 2. The van der Waals surface area contributed by atoms with E-state index in [1.54, 1.807) is 12.3 Å². The summed E-state index contributed by atoms with van der Waals surface area (Å²) in [5, 5.41) is 14.0.